The first-order valence-corrected chi connectivity index (χ1v) is 7.51. The maximum absolute atomic E-state index is 10.9. The highest BCUT2D eigenvalue weighted by Gasteiger charge is 2.08. The van der Waals surface area contributed by atoms with E-state index in [4.69, 9.17) is 8.60 Å². The first kappa shape index (κ1) is 13.1. The lowest BCUT2D eigenvalue weighted by Gasteiger charge is -2.02. The average Bonchev–Trinajstić information content (AvgIpc) is 2.54. The molecule has 0 fully saturated rings. The fourth-order valence-corrected chi connectivity index (χ4v) is 2.24. The van der Waals surface area contributed by atoms with Gasteiger partial charge >= 0.3 is 0 Å². The summed E-state index contributed by atoms with van der Waals surface area (Å²) in [5, 5.41) is 1.07. The molecule has 2 aromatic rings. The summed E-state index contributed by atoms with van der Waals surface area (Å²) in [6, 6.07) is 5.86. The van der Waals surface area contributed by atoms with Gasteiger partial charge in [-0.15, -0.1) is 0 Å². The van der Waals surface area contributed by atoms with Crippen LogP contribution in [0.15, 0.2) is 22.6 Å². The molecule has 5 heteroatoms. The number of hydrogen-bond donors (Lipinski definition) is 0. The molecule has 98 valence electrons. The van der Waals surface area contributed by atoms with Gasteiger partial charge in [-0.1, -0.05) is 6.07 Å². The molecule has 4 nitrogen and oxygen atoms in total. The molecule has 1 heterocycles. The third-order valence-electron chi connectivity index (χ3n) is 2.93. The number of aryl methyl sites for hydroxylation is 2. The zero-order chi connectivity index (χ0) is 13.3. The first-order valence-electron chi connectivity index (χ1n) is 5.70. The molecular weight excluding hydrogens is 252 g/mol. The molecule has 1 aromatic carbocycles. The summed E-state index contributed by atoms with van der Waals surface area (Å²) in [6.07, 6.45) is 1.62. The standard InChI is InChI=1S/C13H16O4S/c1-9-10(2)17-13-5-4-11(8-12(9)13)6-7-16-18(3,14)15/h4-5,8H,6-7H2,1-3H3. The Kier molecular flexibility index (Phi) is 3.45. The minimum Gasteiger partial charge on any atom is -0.461 e. The van der Waals surface area contributed by atoms with Crippen LogP contribution in [-0.4, -0.2) is 21.3 Å². The molecule has 0 aliphatic heterocycles. The van der Waals surface area contributed by atoms with Crippen LogP contribution in [0, 0.1) is 13.8 Å². The predicted molar refractivity (Wildman–Crippen MR) is 70.2 cm³/mol. The van der Waals surface area contributed by atoms with Gasteiger partial charge in [0.05, 0.1) is 12.9 Å². The van der Waals surface area contributed by atoms with Crippen molar-refractivity contribution in [1.82, 2.24) is 0 Å². The lowest BCUT2D eigenvalue weighted by atomic mass is 10.1. The molecule has 0 amide bonds. The van der Waals surface area contributed by atoms with E-state index in [0.717, 1.165) is 34.1 Å². The summed E-state index contributed by atoms with van der Waals surface area (Å²) in [6.45, 7) is 4.11. The van der Waals surface area contributed by atoms with Crippen molar-refractivity contribution in [2.24, 2.45) is 0 Å². The number of fused-ring (bicyclic) bond motifs is 1. The number of rotatable bonds is 4. The van der Waals surface area contributed by atoms with E-state index in [-0.39, 0.29) is 6.61 Å². The first-order chi connectivity index (χ1) is 8.37. The highest BCUT2D eigenvalue weighted by Crippen LogP contribution is 2.25. The number of benzene rings is 1. The Morgan fingerprint density at radius 3 is 2.67 bits per heavy atom. The lowest BCUT2D eigenvalue weighted by Crippen LogP contribution is -2.06. The second-order valence-electron chi connectivity index (χ2n) is 4.39. The van der Waals surface area contributed by atoms with E-state index in [1.165, 1.54) is 0 Å². The van der Waals surface area contributed by atoms with Crippen molar-refractivity contribution >= 4 is 21.1 Å². The number of hydrogen-bond acceptors (Lipinski definition) is 4. The van der Waals surface area contributed by atoms with Gasteiger partial charge in [-0.25, -0.2) is 0 Å². The molecule has 0 radical (unpaired) electrons. The molecule has 0 N–H and O–H groups in total. The molecule has 1 aromatic heterocycles. The second kappa shape index (κ2) is 4.74. The van der Waals surface area contributed by atoms with Crippen LogP contribution in [0.2, 0.25) is 0 Å². The summed E-state index contributed by atoms with van der Waals surface area (Å²) in [5.41, 5.74) is 3.02. The minimum atomic E-state index is -3.36. The van der Waals surface area contributed by atoms with E-state index in [2.05, 4.69) is 0 Å². The highest BCUT2D eigenvalue weighted by molar-refractivity contribution is 7.85. The maximum Gasteiger partial charge on any atom is 0.264 e. The third kappa shape index (κ3) is 2.91. The maximum atomic E-state index is 10.9. The Bertz CT molecular complexity index is 668. The van der Waals surface area contributed by atoms with E-state index < -0.39 is 10.1 Å². The topological polar surface area (TPSA) is 56.5 Å². The molecule has 0 aliphatic carbocycles. The molecule has 18 heavy (non-hydrogen) atoms. The van der Waals surface area contributed by atoms with Crippen molar-refractivity contribution in [3.63, 3.8) is 0 Å². The van der Waals surface area contributed by atoms with Crippen LogP contribution in [0.1, 0.15) is 16.9 Å². The van der Waals surface area contributed by atoms with Gasteiger partial charge < -0.3 is 4.42 Å². The van der Waals surface area contributed by atoms with Crippen molar-refractivity contribution in [2.75, 3.05) is 12.9 Å². The summed E-state index contributed by atoms with van der Waals surface area (Å²) < 4.78 is 32.0. The van der Waals surface area contributed by atoms with Gasteiger partial charge in [0.2, 0.25) is 0 Å². The molecule has 0 bridgehead atoms. The smallest absolute Gasteiger partial charge is 0.264 e. The van der Waals surface area contributed by atoms with E-state index in [0.29, 0.717) is 6.42 Å². The van der Waals surface area contributed by atoms with E-state index in [9.17, 15) is 8.42 Å². The average molecular weight is 268 g/mol. The van der Waals surface area contributed by atoms with Crippen LogP contribution in [0.5, 0.6) is 0 Å². The van der Waals surface area contributed by atoms with Gasteiger partial charge in [-0.2, -0.15) is 8.42 Å². The molecular formula is C13H16O4S. The van der Waals surface area contributed by atoms with Crippen LogP contribution < -0.4 is 0 Å². The molecule has 0 spiro atoms. The Hall–Kier alpha value is -1.33. The molecule has 0 unspecified atom stereocenters. The highest BCUT2D eigenvalue weighted by atomic mass is 32.2. The van der Waals surface area contributed by atoms with E-state index in [1.54, 1.807) is 0 Å². The third-order valence-corrected chi connectivity index (χ3v) is 3.52. The van der Waals surface area contributed by atoms with E-state index >= 15 is 0 Å². The minimum absolute atomic E-state index is 0.167. The monoisotopic (exact) mass is 268 g/mol. The van der Waals surface area contributed by atoms with Crippen molar-refractivity contribution in [3.8, 4) is 0 Å². The Balaban J connectivity index is 2.17. The van der Waals surface area contributed by atoms with E-state index in [1.807, 2.05) is 32.0 Å². The van der Waals surface area contributed by atoms with Crippen molar-refractivity contribution < 1.29 is 17.0 Å². The number of furan rings is 1. The Labute approximate surface area is 107 Å². The lowest BCUT2D eigenvalue weighted by molar-refractivity contribution is 0.326. The van der Waals surface area contributed by atoms with Gasteiger partial charge in [-0.05, 0) is 43.5 Å². The van der Waals surface area contributed by atoms with Gasteiger partial charge in [0.1, 0.15) is 11.3 Å². The van der Waals surface area contributed by atoms with Gasteiger partial charge in [0.25, 0.3) is 10.1 Å². The summed E-state index contributed by atoms with van der Waals surface area (Å²) >= 11 is 0. The molecule has 0 saturated carbocycles. The summed E-state index contributed by atoms with van der Waals surface area (Å²) in [5.74, 6) is 0.912. The summed E-state index contributed by atoms with van der Waals surface area (Å²) in [4.78, 5) is 0. The molecule has 0 aliphatic rings. The normalized spacial score (nSPS) is 12.2. The molecule has 0 atom stereocenters. The van der Waals surface area contributed by atoms with Crippen molar-refractivity contribution in [2.45, 2.75) is 20.3 Å². The zero-order valence-corrected chi connectivity index (χ0v) is 11.5. The van der Waals surface area contributed by atoms with Crippen LogP contribution in [-0.2, 0) is 20.7 Å². The quantitative estimate of drug-likeness (QED) is 0.800. The molecule has 2 rings (SSSR count). The fourth-order valence-electron chi connectivity index (χ4n) is 1.86. The van der Waals surface area contributed by atoms with Crippen LogP contribution in [0.25, 0.3) is 11.0 Å². The van der Waals surface area contributed by atoms with Gasteiger partial charge in [-0.3, -0.25) is 4.18 Å². The van der Waals surface area contributed by atoms with Crippen LogP contribution >= 0.6 is 0 Å². The van der Waals surface area contributed by atoms with Gasteiger partial charge in [0.15, 0.2) is 0 Å². The van der Waals surface area contributed by atoms with Crippen molar-refractivity contribution in [3.05, 3.63) is 35.1 Å². The van der Waals surface area contributed by atoms with Crippen LogP contribution in [0.4, 0.5) is 0 Å². The van der Waals surface area contributed by atoms with Crippen molar-refractivity contribution in [1.29, 1.82) is 0 Å². The Morgan fingerprint density at radius 2 is 2.00 bits per heavy atom. The Morgan fingerprint density at radius 1 is 1.28 bits per heavy atom. The zero-order valence-electron chi connectivity index (χ0n) is 10.7. The van der Waals surface area contributed by atoms with Crippen LogP contribution in [0.3, 0.4) is 0 Å². The summed E-state index contributed by atoms with van der Waals surface area (Å²) in [7, 11) is -3.36. The molecule has 0 saturated heterocycles. The fraction of sp³-hybridized carbons (Fsp3) is 0.385. The largest absolute Gasteiger partial charge is 0.461 e. The SMILES string of the molecule is Cc1oc2ccc(CCOS(C)(=O)=O)cc2c1C. The predicted octanol–water partition coefficient (Wildman–Crippen LogP) is 2.57. The second-order valence-corrected chi connectivity index (χ2v) is 6.03. The van der Waals surface area contributed by atoms with Gasteiger partial charge in [0, 0.05) is 5.39 Å².